The van der Waals surface area contributed by atoms with E-state index in [2.05, 4.69) is 32.6 Å². The Morgan fingerprint density at radius 2 is 2.35 bits per heavy atom. The maximum Gasteiger partial charge on any atom is 0.282 e. The minimum Gasteiger partial charge on any atom is -0.297 e. The molecule has 1 saturated heterocycles. The zero-order valence-electron chi connectivity index (χ0n) is 10.9. The van der Waals surface area contributed by atoms with Crippen LogP contribution >= 0.6 is 11.3 Å². The van der Waals surface area contributed by atoms with Gasteiger partial charge in [-0.1, -0.05) is 6.07 Å². The third-order valence-electron chi connectivity index (χ3n) is 4.45. The average molecular weight is 295 g/mol. The highest BCUT2D eigenvalue weighted by atomic mass is 32.1. The lowest BCUT2D eigenvalue weighted by molar-refractivity contribution is 0.144. The third kappa shape index (κ3) is 1.90. The topological polar surface area (TPSA) is 31.9 Å². The van der Waals surface area contributed by atoms with Gasteiger partial charge < -0.3 is 0 Å². The molecule has 1 N–H and O–H groups in total. The van der Waals surface area contributed by atoms with E-state index in [9.17, 15) is 8.78 Å². The largest absolute Gasteiger partial charge is 0.297 e. The third-order valence-corrected chi connectivity index (χ3v) is 5.31. The van der Waals surface area contributed by atoms with Crippen molar-refractivity contribution < 1.29 is 8.78 Å². The molecule has 20 heavy (non-hydrogen) atoms. The number of aromatic nitrogens is 2. The molecule has 2 aromatic heterocycles. The molecular weight excluding hydrogens is 280 g/mol. The van der Waals surface area contributed by atoms with Crippen molar-refractivity contribution in [1.82, 2.24) is 15.1 Å². The van der Waals surface area contributed by atoms with E-state index in [4.69, 9.17) is 0 Å². The Kier molecular flexibility index (Phi) is 2.89. The van der Waals surface area contributed by atoms with Gasteiger partial charge in [-0.05, 0) is 23.8 Å². The van der Waals surface area contributed by atoms with Crippen molar-refractivity contribution in [3.8, 4) is 0 Å². The number of alkyl halides is 2. The summed E-state index contributed by atoms with van der Waals surface area (Å²) in [5.74, 6) is 0.821. The highest BCUT2D eigenvalue weighted by Gasteiger charge is 2.43. The van der Waals surface area contributed by atoms with E-state index in [1.807, 2.05) is 0 Å². The number of H-pyrrole nitrogens is 1. The van der Waals surface area contributed by atoms with E-state index in [0.29, 0.717) is 11.8 Å². The number of rotatable bonds is 3. The summed E-state index contributed by atoms with van der Waals surface area (Å²) in [7, 11) is 0. The lowest BCUT2D eigenvalue weighted by Gasteiger charge is -2.15. The molecule has 1 aliphatic carbocycles. The maximum absolute atomic E-state index is 12.9. The minimum atomic E-state index is -2.46. The monoisotopic (exact) mass is 295 g/mol. The minimum absolute atomic E-state index is 0.0285. The number of hydrogen-bond donors (Lipinski definition) is 1. The SMILES string of the molecule is FC(F)c1n[nH]c2c1C[C@@H]1CN(Cc3cccs3)C[C@H]21. The normalized spacial score (nSPS) is 25.4. The van der Waals surface area contributed by atoms with Crippen LogP contribution in [0.4, 0.5) is 8.78 Å². The van der Waals surface area contributed by atoms with Crippen molar-refractivity contribution in [3.05, 3.63) is 39.3 Å². The van der Waals surface area contributed by atoms with Crippen molar-refractivity contribution in [2.24, 2.45) is 5.92 Å². The van der Waals surface area contributed by atoms with Crippen molar-refractivity contribution in [1.29, 1.82) is 0 Å². The highest BCUT2D eigenvalue weighted by Crippen LogP contribution is 2.44. The van der Waals surface area contributed by atoms with Gasteiger partial charge in [0.2, 0.25) is 0 Å². The molecule has 0 radical (unpaired) electrons. The molecule has 3 heterocycles. The highest BCUT2D eigenvalue weighted by molar-refractivity contribution is 7.09. The van der Waals surface area contributed by atoms with Gasteiger partial charge in [-0.2, -0.15) is 5.10 Å². The van der Waals surface area contributed by atoms with E-state index >= 15 is 0 Å². The van der Waals surface area contributed by atoms with Crippen LogP contribution in [0, 0.1) is 5.92 Å². The van der Waals surface area contributed by atoms with Crippen LogP contribution in [0.3, 0.4) is 0 Å². The predicted molar refractivity (Wildman–Crippen MR) is 73.1 cm³/mol. The quantitative estimate of drug-likeness (QED) is 0.943. The smallest absolute Gasteiger partial charge is 0.282 e. The molecule has 0 bridgehead atoms. The van der Waals surface area contributed by atoms with E-state index in [1.54, 1.807) is 11.3 Å². The first-order valence-corrected chi connectivity index (χ1v) is 7.70. The van der Waals surface area contributed by atoms with Crippen LogP contribution in [0.15, 0.2) is 17.5 Å². The fraction of sp³-hybridized carbons (Fsp3) is 0.500. The summed E-state index contributed by atoms with van der Waals surface area (Å²) in [4.78, 5) is 3.79. The van der Waals surface area contributed by atoms with E-state index in [-0.39, 0.29) is 5.69 Å². The molecule has 0 saturated carbocycles. The second-order valence-corrected chi connectivity index (χ2v) is 6.68. The number of nitrogens with one attached hydrogen (secondary N) is 1. The summed E-state index contributed by atoms with van der Waals surface area (Å²) < 4.78 is 25.7. The Bertz CT molecular complexity index is 608. The lowest BCUT2D eigenvalue weighted by atomic mass is 9.99. The molecule has 1 fully saturated rings. The standard InChI is InChI=1S/C14H15F2N3S/c15-14(16)13-10-4-8-5-19(6-9-2-1-3-20-9)7-11(8)12(10)17-18-13/h1-3,8,11,14H,4-7H2,(H,17,18)/t8-,11+/m1/s1. The number of thiophene rings is 1. The maximum atomic E-state index is 12.9. The number of aromatic amines is 1. The van der Waals surface area contributed by atoms with Gasteiger partial charge in [-0.15, -0.1) is 11.3 Å². The van der Waals surface area contributed by atoms with Crippen LogP contribution in [-0.4, -0.2) is 28.2 Å². The van der Waals surface area contributed by atoms with Crippen molar-refractivity contribution in [3.63, 3.8) is 0 Å². The van der Waals surface area contributed by atoms with Gasteiger partial charge >= 0.3 is 0 Å². The molecule has 3 nitrogen and oxygen atoms in total. The summed E-state index contributed by atoms with van der Waals surface area (Å²) in [6, 6.07) is 4.22. The molecule has 4 rings (SSSR count). The Morgan fingerprint density at radius 3 is 3.10 bits per heavy atom. The Hall–Kier alpha value is -1.27. The zero-order chi connectivity index (χ0) is 13.7. The second-order valence-electron chi connectivity index (χ2n) is 5.65. The van der Waals surface area contributed by atoms with Crippen LogP contribution in [0.25, 0.3) is 0 Å². The van der Waals surface area contributed by atoms with Gasteiger partial charge in [0.25, 0.3) is 6.43 Å². The number of likely N-dealkylation sites (tertiary alicyclic amines) is 1. The summed E-state index contributed by atoms with van der Waals surface area (Å²) in [5.41, 5.74) is 1.71. The van der Waals surface area contributed by atoms with Crippen LogP contribution in [0.5, 0.6) is 0 Å². The first-order valence-electron chi connectivity index (χ1n) is 6.82. The average Bonchev–Trinajstić information content (AvgIpc) is 3.10. The molecule has 1 aliphatic heterocycles. The Balaban J connectivity index is 1.52. The van der Waals surface area contributed by atoms with Gasteiger partial charge in [0.05, 0.1) is 0 Å². The number of halogens is 2. The first-order chi connectivity index (χ1) is 9.72. The summed E-state index contributed by atoms with van der Waals surface area (Å²) in [6.45, 7) is 2.91. The zero-order valence-corrected chi connectivity index (χ0v) is 11.7. The summed E-state index contributed by atoms with van der Waals surface area (Å²) >= 11 is 1.77. The Morgan fingerprint density at radius 1 is 1.45 bits per heavy atom. The van der Waals surface area contributed by atoms with Gasteiger partial charge in [0.1, 0.15) is 5.69 Å². The molecular formula is C14H15F2N3S. The number of fused-ring (bicyclic) bond motifs is 3. The van der Waals surface area contributed by atoms with Crippen LogP contribution in [0.2, 0.25) is 0 Å². The number of nitrogens with zero attached hydrogens (tertiary/aromatic N) is 2. The van der Waals surface area contributed by atoms with Crippen LogP contribution in [0.1, 0.15) is 34.2 Å². The van der Waals surface area contributed by atoms with Gasteiger partial charge in [-0.3, -0.25) is 10.00 Å². The van der Waals surface area contributed by atoms with E-state index in [0.717, 1.165) is 37.3 Å². The molecule has 2 aliphatic rings. The molecule has 6 heteroatoms. The van der Waals surface area contributed by atoms with Crippen LogP contribution < -0.4 is 0 Å². The summed E-state index contributed by atoms with van der Waals surface area (Å²) in [6.07, 6.45) is -1.71. The molecule has 2 aromatic rings. The van der Waals surface area contributed by atoms with Crippen molar-refractivity contribution >= 4 is 11.3 Å². The van der Waals surface area contributed by atoms with Crippen molar-refractivity contribution in [2.45, 2.75) is 25.3 Å². The molecule has 0 unspecified atom stereocenters. The second kappa shape index (κ2) is 4.63. The van der Waals surface area contributed by atoms with Crippen LogP contribution in [-0.2, 0) is 13.0 Å². The van der Waals surface area contributed by atoms with Crippen molar-refractivity contribution in [2.75, 3.05) is 13.1 Å². The molecule has 0 aromatic carbocycles. The summed E-state index contributed by atoms with van der Waals surface area (Å²) in [5, 5.41) is 8.76. The van der Waals surface area contributed by atoms with Gasteiger partial charge in [0, 0.05) is 41.7 Å². The predicted octanol–water partition coefficient (Wildman–Crippen LogP) is 3.18. The Labute approximate surface area is 119 Å². The van der Waals surface area contributed by atoms with Gasteiger partial charge in [-0.25, -0.2) is 8.78 Å². The molecule has 2 atom stereocenters. The number of hydrogen-bond acceptors (Lipinski definition) is 3. The molecule has 106 valence electrons. The fourth-order valence-electron chi connectivity index (χ4n) is 3.60. The molecule has 0 amide bonds. The van der Waals surface area contributed by atoms with E-state index < -0.39 is 6.43 Å². The molecule has 0 spiro atoms. The lowest BCUT2D eigenvalue weighted by Crippen LogP contribution is -2.20. The van der Waals surface area contributed by atoms with Gasteiger partial charge in [0.15, 0.2) is 0 Å². The fourth-order valence-corrected chi connectivity index (χ4v) is 4.35. The first kappa shape index (κ1) is 12.5. The van der Waals surface area contributed by atoms with E-state index in [1.165, 1.54) is 4.88 Å².